The molecule has 0 spiro atoms. The zero-order valence-corrected chi connectivity index (χ0v) is 4.48. The lowest BCUT2D eigenvalue weighted by Gasteiger charge is -2.05. The van der Waals surface area contributed by atoms with Crippen molar-refractivity contribution in [3.8, 4) is 0 Å². The fourth-order valence-electron chi connectivity index (χ4n) is 1.44. The van der Waals surface area contributed by atoms with Crippen molar-refractivity contribution in [3.05, 3.63) is 11.6 Å². The Morgan fingerprint density at radius 2 is 2.43 bits per heavy atom. The van der Waals surface area contributed by atoms with Crippen molar-refractivity contribution in [3.63, 3.8) is 0 Å². The standard InChI is InChI=1S/C7H10/c1-2-4-7-5-6(7)3-1/h5-6H,1-4H2/t6-/m0/s1. The van der Waals surface area contributed by atoms with Crippen molar-refractivity contribution in [2.75, 3.05) is 0 Å². The SMILES string of the molecule is C1=C2CCCC[C@@H]12. The molecule has 0 aromatic rings. The first-order chi connectivity index (χ1) is 3.47. The Morgan fingerprint density at radius 3 is 3.00 bits per heavy atom. The average Bonchev–Trinajstić information content (AvgIpc) is 2.41. The topological polar surface area (TPSA) is 0 Å². The monoisotopic (exact) mass is 94.1 g/mol. The molecule has 0 amide bonds. The van der Waals surface area contributed by atoms with Gasteiger partial charge in [-0.15, -0.1) is 0 Å². The highest BCUT2D eigenvalue weighted by Crippen LogP contribution is 2.41. The summed E-state index contributed by atoms with van der Waals surface area (Å²) in [6, 6.07) is 0. The van der Waals surface area contributed by atoms with Crippen molar-refractivity contribution in [1.82, 2.24) is 0 Å². The minimum atomic E-state index is 0.994. The predicted molar refractivity (Wildman–Crippen MR) is 30.0 cm³/mol. The second kappa shape index (κ2) is 1.12. The molecule has 0 heteroatoms. The molecule has 0 nitrogen and oxygen atoms in total. The van der Waals surface area contributed by atoms with Crippen molar-refractivity contribution >= 4 is 0 Å². The van der Waals surface area contributed by atoms with Gasteiger partial charge in [-0.2, -0.15) is 0 Å². The van der Waals surface area contributed by atoms with Crippen LogP contribution in [0, 0.1) is 5.92 Å². The van der Waals surface area contributed by atoms with Crippen LogP contribution < -0.4 is 0 Å². The van der Waals surface area contributed by atoms with Gasteiger partial charge in [-0.1, -0.05) is 18.1 Å². The van der Waals surface area contributed by atoms with Crippen molar-refractivity contribution in [2.24, 2.45) is 5.92 Å². The number of hydrogen-bond donors (Lipinski definition) is 0. The molecular weight excluding hydrogens is 84.1 g/mol. The maximum absolute atomic E-state index is 2.42. The number of hydrogen-bond acceptors (Lipinski definition) is 0. The molecule has 1 atom stereocenters. The maximum atomic E-state index is 2.42. The summed E-state index contributed by atoms with van der Waals surface area (Å²) in [5.74, 6) is 0.994. The van der Waals surface area contributed by atoms with Crippen LogP contribution in [0.5, 0.6) is 0 Å². The van der Waals surface area contributed by atoms with Crippen LogP contribution in [0.2, 0.25) is 0 Å². The molecule has 0 N–H and O–H groups in total. The first kappa shape index (κ1) is 3.71. The van der Waals surface area contributed by atoms with Crippen LogP contribution >= 0.6 is 0 Å². The summed E-state index contributed by atoms with van der Waals surface area (Å²) in [7, 11) is 0. The van der Waals surface area contributed by atoms with E-state index in [0.717, 1.165) is 5.92 Å². The molecule has 0 aromatic heterocycles. The lowest BCUT2D eigenvalue weighted by atomic mass is 10.0. The summed E-state index contributed by atoms with van der Waals surface area (Å²) in [5, 5.41) is 0. The molecule has 0 unspecified atom stereocenters. The Bertz CT molecular complexity index is 111. The van der Waals surface area contributed by atoms with Crippen LogP contribution in [0.25, 0.3) is 0 Å². The van der Waals surface area contributed by atoms with Crippen LogP contribution in [0.3, 0.4) is 0 Å². The summed E-state index contributed by atoms with van der Waals surface area (Å²) in [6.45, 7) is 0. The van der Waals surface area contributed by atoms with E-state index in [-0.39, 0.29) is 0 Å². The molecule has 0 heterocycles. The summed E-state index contributed by atoms with van der Waals surface area (Å²) in [5.41, 5.74) is 1.76. The fourth-order valence-corrected chi connectivity index (χ4v) is 1.44. The van der Waals surface area contributed by atoms with E-state index in [4.69, 9.17) is 0 Å². The fraction of sp³-hybridized carbons (Fsp3) is 0.714. The van der Waals surface area contributed by atoms with Crippen molar-refractivity contribution < 1.29 is 0 Å². The van der Waals surface area contributed by atoms with Gasteiger partial charge in [0.1, 0.15) is 0 Å². The van der Waals surface area contributed by atoms with Crippen LogP contribution in [-0.4, -0.2) is 0 Å². The Balaban J connectivity index is 2.02. The average molecular weight is 94.2 g/mol. The van der Waals surface area contributed by atoms with Crippen LogP contribution in [-0.2, 0) is 0 Å². The van der Waals surface area contributed by atoms with Gasteiger partial charge in [0.25, 0.3) is 0 Å². The molecule has 0 saturated heterocycles. The van der Waals surface area contributed by atoms with Gasteiger partial charge in [0.2, 0.25) is 0 Å². The highest BCUT2D eigenvalue weighted by atomic mass is 14.3. The molecule has 7 heavy (non-hydrogen) atoms. The van der Waals surface area contributed by atoms with E-state index in [2.05, 4.69) is 6.08 Å². The molecule has 0 aliphatic heterocycles. The highest BCUT2D eigenvalue weighted by molar-refractivity contribution is 5.30. The summed E-state index contributed by atoms with van der Waals surface area (Å²) >= 11 is 0. The third-order valence-electron chi connectivity index (χ3n) is 2.01. The number of fused-ring (bicyclic) bond motifs is 1. The largest absolute Gasteiger partial charge is 0.0775 e. The van der Waals surface area contributed by atoms with Crippen molar-refractivity contribution in [2.45, 2.75) is 25.7 Å². The van der Waals surface area contributed by atoms with Crippen LogP contribution in [0.1, 0.15) is 25.7 Å². The Morgan fingerprint density at radius 1 is 1.43 bits per heavy atom. The molecule has 2 rings (SSSR count). The van der Waals surface area contributed by atoms with E-state index < -0.39 is 0 Å². The quantitative estimate of drug-likeness (QED) is 0.403. The molecule has 1 fully saturated rings. The first-order valence-corrected chi connectivity index (χ1v) is 3.17. The minimum absolute atomic E-state index is 0.994. The Hall–Kier alpha value is -0.260. The van der Waals surface area contributed by atoms with Crippen LogP contribution in [0.15, 0.2) is 11.6 Å². The van der Waals surface area contributed by atoms with Gasteiger partial charge in [0.15, 0.2) is 0 Å². The third kappa shape index (κ3) is 0.495. The lowest BCUT2D eigenvalue weighted by Crippen LogP contribution is -1.89. The van der Waals surface area contributed by atoms with E-state index in [0.29, 0.717) is 0 Å². The normalized spacial score (nSPS) is 36.6. The minimum Gasteiger partial charge on any atom is -0.0775 e. The molecule has 2 aliphatic carbocycles. The van der Waals surface area contributed by atoms with E-state index in [1.807, 2.05) is 0 Å². The Kier molecular flexibility index (Phi) is 0.592. The smallest absolute Gasteiger partial charge is 0.00202 e. The highest BCUT2D eigenvalue weighted by Gasteiger charge is 2.26. The Labute approximate surface area is 44.2 Å². The van der Waals surface area contributed by atoms with Crippen LogP contribution in [0.4, 0.5) is 0 Å². The summed E-state index contributed by atoms with van der Waals surface area (Å²) in [6.07, 6.45) is 8.25. The van der Waals surface area contributed by atoms with Gasteiger partial charge in [0.05, 0.1) is 0 Å². The van der Waals surface area contributed by atoms with Gasteiger partial charge < -0.3 is 0 Å². The summed E-state index contributed by atoms with van der Waals surface area (Å²) < 4.78 is 0. The van der Waals surface area contributed by atoms with E-state index >= 15 is 0 Å². The molecule has 2 aliphatic rings. The number of rotatable bonds is 0. The van der Waals surface area contributed by atoms with Crippen molar-refractivity contribution in [1.29, 1.82) is 0 Å². The molecule has 38 valence electrons. The molecule has 0 bridgehead atoms. The second-order valence-electron chi connectivity index (χ2n) is 2.59. The predicted octanol–water partition coefficient (Wildman–Crippen LogP) is 2.12. The second-order valence-corrected chi connectivity index (χ2v) is 2.59. The lowest BCUT2D eigenvalue weighted by molar-refractivity contribution is 0.584. The maximum Gasteiger partial charge on any atom is -0.00202 e. The zero-order valence-electron chi connectivity index (χ0n) is 4.48. The first-order valence-electron chi connectivity index (χ1n) is 3.17. The van der Waals surface area contributed by atoms with E-state index in [9.17, 15) is 0 Å². The molecule has 0 radical (unpaired) electrons. The van der Waals surface area contributed by atoms with Gasteiger partial charge in [-0.25, -0.2) is 0 Å². The van der Waals surface area contributed by atoms with Gasteiger partial charge in [-0.3, -0.25) is 0 Å². The van der Waals surface area contributed by atoms with Gasteiger partial charge in [0, 0.05) is 0 Å². The van der Waals surface area contributed by atoms with Gasteiger partial charge in [-0.05, 0) is 25.2 Å². The number of allylic oxidation sites excluding steroid dienone is 2. The van der Waals surface area contributed by atoms with Gasteiger partial charge >= 0.3 is 0 Å². The molecule has 0 aromatic carbocycles. The molecular formula is C7H10. The van der Waals surface area contributed by atoms with E-state index in [1.54, 1.807) is 5.57 Å². The van der Waals surface area contributed by atoms with E-state index in [1.165, 1.54) is 25.7 Å². The zero-order chi connectivity index (χ0) is 4.69. The third-order valence-corrected chi connectivity index (χ3v) is 2.01. The molecule has 1 saturated carbocycles. The summed E-state index contributed by atoms with van der Waals surface area (Å²) in [4.78, 5) is 0.